The van der Waals surface area contributed by atoms with Crippen LogP contribution in [0.4, 0.5) is 4.79 Å². The van der Waals surface area contributed by atoms with Gasteiger partial charge in [-0.05, 0) is 30.1 Å². The Labute approximate surface area is 90.3 Å². The van der Waals surface area contributed by atoms with E-state index in [0.717, 1.165) is 12.1 Å². The lowest BCUT2D eigenvalue weighted by Gasteiger charge is -2.33. The number of rotatable bonds is 1. The van der Waals surface area contributed by atoms with Gasteiger partial charge in [0.05, 0.1) is 0 Å². The summed E-state index contributed by atoms with van der Waals surface area (Å²) in [4.78, 5) is 10.6. The van der Waals surface area contributed by atoms with Crippen LogP contribution in [0.1, 0.15) is 40.0 Å². The summed E-state index contributed by atoms with van der Waals surface area (Å²) in [5.74, 6) is 0.509. The Balaban J connectivity index is 2.22. The van der Waals surface area contributed by atoms with E-state index >= 15 is 0 Å². The predicted octanol–water partition coefficient (Wildman–Crippen LogP) is 1.86. The second-order valence-electron chi connectivity index (χ2n) is 5.63. The molecule has 0 aromatic carbocycles. The molecule has 3 N–H and O–H groups in total. The van der Waals surface area contributed by atoms with Crippen LogP contribution in [0.2, 0.25) is 0 Å². The molecule has 4 heteroatoms. The number of urea groups is 1. The van der Waals surface area contributed by atoms with Gasteiger partial charge >= 0.3 is 6.03 Å². The lowest BCUT2D eigenvalue weighted by molar-refractivity contribution is 0.152. The van der Waals surface area contributed by atoms with Crippen molar-refractivity contribution in [3.8, 4) is 0 Å². The molecule has 4 nitrogen and oxygen atoms in total. The largest absolute Gasteiger partial charge is 0.350 e. The highest BCUT2D eigenvalue weighted by molar-refractivity contribution is 5.92. The number of fused-ring (bicyclic) bond motifs is 2. The number of primary amides is 1. The molecule has 0 aromatic rings. The van der Waals surface area contributed by atoms with Crippen LogP contribution in [0, 0.1) is 16.7 Å². The van der Waals surface area contributed by atoms with Crippen molar-refractivity contribution in [1.29, 1.82) is 0 Å². The van der Waals surface area contributed by atoms with E-state index in [2.05, 4.69) is 31.3 Å². The first kappa shape index (κ1) is 10.5. The van der Waals surface area contributed by atoms with E-state index in [1.165, 1.54) is 12.8 Å². The fraction of sp³-hybridized carbons (Fsp3) is 0.818. The Morgan fingerprint density at radius 3 is 2.60 bits per heavy atom. The molecular weight excluding hydrogens is 190 g/mol. The zero-order chi connectivity index (χ0) is 11.3. The van der Waals surface area contributed by atoms with E-state index in [0.29, 0.717) is 16.7 Å². The smallest absolute Gasteiger partial charge is 0.332 e. The molecule has 2 aliphatic carbocycles. The Kier molecular flexibility index (Phi) is 2.07. The lowest BCUT2D eigenvalue weighted by Crippen LogP contribution is -2.28. The molecule has 2 rings (SSSR count). The SMILES string of the molecule is CC1(C)[C@@H]2CC[C@]1(C)C/C2=N\NC(N)=O. The molecule has 2 amide bonds. The van der Waals surface area contributed by atoms with Gasteiger partial charge in [0.1, 0.15) is 0 Å². The van der Waals surface area contributed by atoms with Crippen molar-refractivity contribution >= 4 is 11.7 Å². The zero-order valence-electron chi connectivity index (χ0n) is 9.63. The molecule has 2 bridgehead atoms. The van der Waals surface area contributed by atoms with Gasteiger partial charge in [0.25, 0.3) is 0 Å². The molecule has 15 heavy (non-hydrogen) atoms. The van der Waals surface area contributed by atoms with Crippen molar-refractivity contribution in [3.05, 3.63) is 0 Å². The summed E-state index contributed by atoms with van der Waals surface area (Å²) in [5, 5.41) is 4.14. The average Bonchev–Trinajstić information content (AvgIpc) is 2.45. The molecule has 84 valence electrons. The van der Waals surface area contributed by atoms with Crippen LogP contribution in [0.5, 0.6) is 0 Å². The van der Waals surface area contributed by atoms with Crippen LogP contribution in [-0.4, -0.2) is 11.7 Å². The molecule has 0 aromatic heterocycles. The number of nitrogens with one attached hydrogen (secondary N) is 1. The fourth-order valence-electron chi connectivity index (χ4n) is 3.23. The summed E-state index contributed by atoms with van der Waals surface area (Å²) in [6.07, 6.45) is 3.44. The Morgan fingerprint density at radius 2 is 2.20 bits per heavy atom. The van der Waals surface area contributed by atoms with Gasteiger partial charge in [-0.15, -0.1) is 0 Å². The van der Waals surface area contributed by atoms with E-state index in [1.807, 2.05) is 0 Å². The highest BCUT2D eigenvalue weighted by Gasteiger charge is 2.59. The van der Waals surface area contributed by atoms with E-state index in [1.54, 1.807) is 0 Å². The summed E-state index contributed by atoms with van der Waals surface area (Å²) < 4.78 is 0. The van der Waals surface area contributed by atoms with Gasteiger partial charge in [-0.1, -0.05) is 20.8 Å². The van der Waals surface area contributed by atoms with E-state index in [4.69, 9.17) is 5.73 Å². The molecule has 0 unspecified atom stereocenters. The fourth-order valence-corrected chi connectivity index (χ4v) is 3.23. The maximum Gasteiger partial charge on any atom is 0.332 e. The molecular formula is C11H19N3O. The predicted molar refractivity (Wildman–Crippen MR) is 59.4 cm³/mol. The van der Waals surface area contributed by atoms with Crippen LogP contribution in [-0.2, 0) is 0 Å². The van der Waals surface area contributed by atoms with Crippen molar-refractivity contribution in [2.24, 2.45) is 27.6 Å². The number of hydrazone groups is 1. The monoisotopic (exact) mass is 209 g/mol. The van der Waals surface area contributed by atoms with E-state index in [-0.39, 0.29) is 0 Å². The minimum atomic E-state index is -0.576. The summed E-state index contributed by atoms with van der Waals surface area (Å²) in [6, 6.07) is -0.576. The van der Waals surface area contributed by atoms with Gasteiger partial charge in [-0.2, -0.15) is 5.10 Å². The number of amides is 2. The van der Waals surface area contributed by atoms with Crippen LogP contribution in [0.3, 0.4) is 0 Å². The van der Waals surface area contributed by atoms with Gasteiger partial charge in [-0.3, -0.25) is 0 Å². The van der Waals surface area contributed by atoms with Crippen LogP contribution >= 0.6 is 0 Å². The maximum atomic E-state index is 10.6. The Bertz CT molecular complexity index is 332. The topological polar surface area (TPSA) is 67.5 Å². The minimum absolute atomic E-state index is 0.297. The Morgan fingerprint density at radius 1 is 1.53 bits per heavy atom. The first-order valence-electron chi connectivity index (χ1n) is 5.49. The Hall–Kier alpha value is -1.06. The normalized spacial score (nSPS) is 39.7. The summed E-state index contributed by atoms with van der Waals surface area (Å²) in [5.41, 5.74) is 9.12. The lowest BCUT2D eigenvalue weighted by atomic mass is 9.71. The number of carbonyl (C=O) groups is 1. The summed E-state index contributed by atoms with van der Waals surface area (Å²) in [7, 11) is 0. The van der Waals surface area contributed by atoms with Crippen molar-refractivity contribution in [2.45, 2.75) is 40.0 Å². The quantitative estimate of drug-likeness (QED) is 0.636. The standard InChI is InChI=1S/C11H19N3O/c1-10(2)7-4-5-11(10,3)6-8(7)13-14-9(12)15/h7H,4-6H2,1-3H3,(H3,12,14,15)/b13-8+/t7-,11-/m1/s1. The van der Waals surface area contributed by atoms with Crippen molar-refractivity contribution in [1.82, 2.24) is 5.43 Å². The molecule has 2 aliphatic rings. The van der Waals surface area contributed by atoms with Crippen molar-refractivity contribution < 1.29 is 4.79 Å². The van der Waals surface area contributed by atoms with Gasteiger partial charge in [0.15, 0.2) is 0 Å². The van der Waals surface area contributed by atoms with Crippen molar-refractivity contribution in [3.63, 3.8) is 0 Å². The number of hydrogen-bond donors (Lipinski definition) is 2. The molecule has 2 fully saturated rings. The second-order valence-corrected chi connectivity index (χ2v) is 5.63. The number of carbonyl (C=O) groups excluding carboxylic acids is 1. The zero-order valence-corrected chi connectivity index (χ0v) is 9.63. The van der Waals surface area contributed by atoms with Gasteiger partial charge in [0, 0.05) is 11.6 Å². The van der Waals surface area contributed by atoms with E-state index in [9.17, 15) is 4.79 Å². The van der Waals surface area contributed by atoms with Gasteiger partial charge in [0.2, 0.25) is 0 Å². The summed E-state index contributed by atoms with van der Waals surface area (Å²) >= 11 is 0. The van der Waals surface area contributed by atoms with Crippen molar-refractivity contribution in [2.75, 3.05) is 0 Å². The van der Waals surface area contributed by atoms with Crippen LogP contribution in [0.15, 0.2) is 5.10 Å². The third kappa shape index (κ3) is 1.34. The molecule has 2 atom stereocenters. The molecule has 0 radical (unpaired) electrons. The summed E-state index contributed by atoms with van der Waals surface area (Å²) in [6.45, 7) is 6.93. The highest BCUT2D eigenvalue weighted by Crippen LogP contribution is 2.64. The molecule has 2 saturated carbocycles. The first-order valence-corrected chi connectivity index (χ1v) is 5.49. The molecule has 0 saturated heterocycles. The third-order valence-corrected chi connectivity index (χ3v) is 4.69. The minimum Gasteiger partial charge on any atom is -0.350 e. The molecule has 0 spiro atoms. The molecule has 0 heterocycles. The average molecular weight is 209 g/mol. The van der Waals surface area contributed by atoms with Gasteiger partial charge < -0.3 is 5.73 Å². The number of nitrogens with zero attached hydrogens (tertiary/aromatic N) is 1. The highest BCUT2D eigenvalue weighted by atomic mass is 16.2. The number of nitrogens with two attached hydrogens (primary N) is 1. The first-order chi connectivity index (χ1) is 6.87. The third-order valence-electron chi connectivity index (χ3n) is 4.69. The van der Waals surface area contributed by atoms with Gasteiger partial charge in [-0.25, -0.2) is 10.2 Å². The maximum absolute atomic E-state index is 10.6. The molecule has 0 aliphatic heterocycles. The second kappa shape index (κ2) is 2.97. The van der Waals surface area contributed by atoms with Crippen LogP contribution in [0.25, 0.3) is 0 Å². The van der Waals surface area contributed by atoms with E-state index < -0.39 is 6.03 Å². The van der Waals surface area contributed by atoms with Crippen LogP contribution < -0.4 is 11.2 Å². The number of hydrogen-bond acceptors (Lipinski definition) is 2.